The molecule has 2 aliphatic rings. The average molecular weight is 217 g/mol. The number of carbonyl (C=O) groups excluding carboxylic acids is 1. The lowest BCUT2D eigenvalue weighted by Crippen LogP contribution is -2.42. The van der Waals surface area contributed by atoms with Crippen molar-refractivity contribution in [1.82, 2.24) is 4.90 Å². The lowest BCUT2D eigenvalue weighted by molar-refractivity contribution is -0.139. The van der Waals surface area contributed by atoms with Crippen LogP contribution in [0.1, 0.15) is 23.6 Å². The minimum absolute atomic E-state index is 0.139. The predicted octanol–water partition coefficient (Wildman–Crippen LogP) is 1.53. The number of carbonyl (C=O) groups is 1. The molecule has 1 amide bonds. The molecule has 2 heterocycles. The van der Waals surface area contributed by atoms with Crippen molar-refractivity contribution in [3.63, 3.8) is 0 Å². The van der Waals surface area contributed by atoms with Crippen LogP contribution < -0.4 is 0 Å². The van der Waals surface area contributed by atoms with Crippen LogP contribution in [0.25, 0.3) is 0 Å². The van der Waals surface area contributed by atoms with Gasteiger partial charge in [-0.3, -0.25) is 4.79 Å². The van der Waals surface area contributed by atoms with E-state index in [2.05, 4.69) is 12.1 Å². The third kappa shape index (κ3) is 1.52. The summed E-state index contributed by atoms with van der Waals surface area (Å²) in [6.45, 7) is 2.05. The fourth-order valence-corrected chi connectivity index (χ4v) is 2.63. The fourth-order valence-electron chi connectivity index (χ4n) is 2.63. The molecule has 1 unspecified atom stereocenters. The predicted molar refractivity (Wildman–Crippen MR) is 60.0 cm³/mol. The van der Waals surface area contributed by atoms with Crippen molar-refractivity contribution in [2.45, 2.75) is 18.9 Å². The molecule has 16 heavy (non-hydrogen) atoms. The van der Waals surface area contributed by atoms with Gasteiger partial charge in [0.15, 0.2) is 0 Å². The lowest BCUT2D eigenvalue weighted by atomic mass is 9.98. The highest BCUT2D eigenvalue weighted by atomic mass is 16.5. The SMILES string of the molecule is O=C1CCc2ccccc2C2COCCN12. The summed E-state index contributed by atoms with van der Waals surface area (Å²) in [4.78, 5) is 14.0. The van der Waals surface area contributed by atoms with E-state index in [0.717, 1.165) is 13.0 Å². The molecule has 3 nitrogen and oxygen atoms in total. The molecule has 1 atom stereocenters. The minimum Gasteiger partial charge on any atom is -0.377 e. The number of morpholine rings is 1. The van der Waals surface area contributed by atoms with Crippen molar-refractivity contribution in [3.05, 3.63) is 35.4 Å². The molecule has 1 fully saturated rings. The number of hydrogen-bond acceptors (Lipinski definition) is 2. The number of rotatable bonds is 0. The van der Waals surface area contributed by atoms with Crippen molar-refractivity contribution >= 4 is 5.91 Å². The van der Waals surface area contributed by atoms with Gasteiger partial charge in [0.25, 0.3) is 0 Å². The Morgan fingerprint density at radius 3 is 3.06 bits per heavy atom. The van der Waals surface area contributed by atoms with Crippen LogP contribution in [-0.2, 0) is 16.0 Å². The average Bonchev–Trinajstić information content (AvgIpc) is 2.49. The summed E-state index contributed by atoms with van der Waals surface area (Å²) in [5, 5.41) is 0. The highest BCUT2D eigenvalue weighted by Gasteiger charge is 2.32. The number of aryl methyl sites for hydroxylation is 1. The van der Waals surface area contributed by atoms with E-state index in [1.54, 1.807) is 0 Å². The van der Waals surface area contributed by atoms with Crippen molar-refractivity contribution in [1.29, 1.82) is 0 Å². The van der Waals surface area contributed by atoms with E-state index in [-0.39, 0.29) is 11.9 Å². The number of amides is 1. The van der Waals surface area contributed by atoms with Crippen molar-refractivity contribution in [3.8, 4) is 0 Å². The molecule has 0 aromatic heterocycles. The van der Waals surface area contributed by atoms with Crippen LogP contribution in [0.5, 0.6) is 0 Å². The van der Waals surface area contributed by atoms with Gasteiger partial charge in [-0.2, -0.15) is 0 Å². The quantitative estimate of drug-likeness (QED) is 0.659. The molecular formula is C13H15NO2. The molecule has 0 saturated carbocycles. The van der Waals surface area contributed by atoms with Crippen LogP contribution in [0.3, 0.4) is 0 Å². The minimum atomic E-state index is 0.139. The second-order valence-electron chi connectivity index (χ2n) is 4.38. The molecule has 2 aliphatic heterocycles. The molecule has 0 spiro atoms. The zero-order valence-corrected chi connectivity index (χ0v) is 9.19. The zero-order valence-electron chi connectivity index (χ0n) is 9.19. The van der Waals surface area contributed by atoms with Gasteiger partial charge in [-0.15, -0.1) is 0 Å². The first-order valence-corrected chi connectivity index (χ1v) is 5.81. The first-order valence-electron chi connectivity index (χ1n) is 5.81. The van der Waals surface area contributed by atoms with Gasteiger partial charge in [0.2, 0.25) is 5.91 Å². The summed E-state index contributed by atoms with van der Waals surface area (Å²) in [7, 11) is 0. The van der Waals surface area contributed by atoms with Gasteiger partial charge in [-0.1, -0.05) is 24.3 Å². The molecule has 84 valence electrons. The molecule has 0 radical (unpaired) electrons. The molecule has 0 N–H and O–H groups in total. The molecule has 1 aromatic carbocycles. The van der Waals surface area contributed by atoms with Gasteiger partial charge in [0.05, 0.1) is 19.3 Å². The second-order valence-corrected chi connectivity index (χ2v) is 4.38. The zero-order chi connectivity index (χ0) is 11.0. The third-order valence-electron chi connectivity index (χ3n) is 3.47. The van der Waals surface area contributed by atoms with E-state index in [4.69, 9.17) is 4.74 Å². The summed E-state index contributed by atoms with van der Waals surface area (Å²) in [6.07, 6.45) is 1.50. The lowest BCUT2D eigenvalue weighted by Gasteiger charge is -2.35. The third-order valence-corrected chi connectivity index (χ3v) is 3.47. The van der Waals surface area contributed by atoms with Gasteiger partial charge in [-0.25, -0.2) is 0 Å². The number of benzene rings is 1. The summed E-state index contributed by atoms with van der Waals surface area (Å²) < 4.78 is 5.51. The van der Waals surface area contributed by atoms with Crippen LogP contribution in [-0.4, -0.2) is 30.6 Å². The topological polar surface area (TPSA) is 29.5 Å². The van der Waals surface area contributed by atoms with Crippen LogP contribution >= 0.6 is 0 Å². The maximum absolute atomic E-state index is 12.0. The highest BCUT2D eigenvalue weighted by Crippen LogP contribution is 2.31. The second kappa shape index (κ2) is 3.91. The van der Waals surface area contributed by atoms with E-state index in [9.17, 15) is 4.79 Å². The van der Waals surface area contributed by atoms with E-state index >= 15 is 0 Å². The van der Waals surface area contributed by atoms with Gasteiger partial charge >= 0.3 is 0 Å². The van der Waals surface area contributed by atoms with E-state index < -0.39 is 0 Å². The fraction of sp³-hybridized carbons (Fsp3) is 0.462. The first-order chi connectivity index (χ1) is 7.86. The normalized spacial score (nSPS) is 24.6. The van der Waals surface area contributed by atoms with Crippen LogP contribution in [0.4, 0.5) is 0 Å². The van der Waals surface area contributed by atoms with Crippen LogP contribution in [0.2, 0.25) is 0 Å². The summed E-state index contributed by atoms with van der Waals surface area (Å²) in [5.74, 6) is 0.268. The van der Waals surface area contributed by atoms with Crippen molar-refractivity contribution in [2.24, 2.45) is 0 Å². The van der Waals surface area contributed by atoms with Crippen molar-refractivity contribution < 1.29 is 9.53 Å². The summed E-state index contributed by atoms with van der Waals surface area (Å²) >= 11 is 0. The number of fused-ring (bicyclic) bond motifs is 3. The molecular weight excluding hydrogens is 202 g/mol. The number of nitrogens with zero attached hydrogens (tertiary/aromatic N) is 1. The Morgan fingerprint density at radius 1 is 1.25 bits per heavy atom. The number of ether oxygens (including phenoxy) is 1. The van der Waals surface area contributed by atoms with Crippen molar-refractivity contribution in [2.75, 3.05) is 19.8 Å². The Morgan fingerprint density at radius 2 is 2.12 bits per heavy atom. The Balaban J connectivity index is 2.05. The van der Waals surface area contributed by atoms with Gasteiger partial charge in [0, 0.05) is 13.0 Å². The van der Waals surface area contributed by atoms with E-state index in [0.29, 0.717) is 19.6 Å². The van der Waals surface area contributed by atoms with Gasteiger partial charge < -0.3 is 9.64 Å². The van der Waals surface area contributed by atoms with Gasteiger partial charge in [-0.05, 0) is 17.5 Å². The standard InChI is InChI=1S/C13H15NO2/c15-13-6-5-10-3-1-2-4-11(10)12-9-16-8-7-14(12)13/h1-4,12H,5-9H2. The molecule has 0 aliphatic carbocycles. The van der Waals surface area contributed by atoms with Crippen LogP contribution in [0.15, 0.2) is 24.3 Å². The number of hydrogen-bond donors (Lipinski definition) is 0. The Bertz CT molecular complexity index is 416. The van der Waals surface area contributed by atoms with E-state index in [1.165, 1.54) is 11.1 Å². The molecule has 1 saturated heterocycles. The first kappa shape index (κ1) is 9.85. The maximum Gasteiger partial charge on any atom is 0.223 e. The molecule has 0 bridgehead atoms. The molecule has 3 rings (SSSR count). The largest absolute Gasteiger partial charge is 0.377 e. The molecule has 3 heteroatoms. The molecule has 1 aromatic rings. The van der Waals surface area contributed by atoms with Gasteiger partial charge in [0.1, 0.15) is 0 Å². The Labute approximate surface area is 95.0 Å². The summed E-state index contributed by atoms with van der Waals surface area (Å²) in [6, 6.07) is 8.48. The summed E-state index contributed by atoms with van der Waals surface area (Å²) in [5.41, 5.74) is 2.57. The Kier molecular flexibility index (Phi) is 2.40. The van der Waals surface area contributed by atoms with E-state index in [1.807, 2.05) is 17.0 Å². The smallest absolute Gasteiger partial charge is 0.223 e. The highest BCUT2D eigenvalue weighted by molar-refractivity contribution is 5.78. The Hall–Kier alpha value is -1.35. The maximum atomic E-state index is 12.0. The van der Waals surface area contributed by atoms with Crippen LogP contribution in [0, 0.1) is 0 Å². The monoisotopic (exact) mass is 217 g/mol.